The van der Waals surface area contributed by atoms with Gasteiger partial charge in [0.1, 0.15) is 0 Å². The van der Waals surface area contributed by atoms with Gasteiger partial charge < -0.3 is 5.73 Å². The van der Waals surface area contributed by atoms with E-state index in [0.717, 1.165) is 11.3 Å². The van der Waals surface area contributed by atoms with E-state index in [4.69, 9.17) is 5.73 Å². The third-order valence-electron chi connectivity index (χ3n) is 1.57. The minimum absolute atomic E-state index is 0. The first kappa shape index (κ1) is 15.2. The van der Waals surface area contributed by atoms with Crippen molar-refractivity contribution in [2.24, 2.45) is 5.73 Å². The molecule has 13 heavy (non-hydrogen) atoms. The fourth-order valence-corrected chi connectivity index (χ4v) is 0.849. The van der Waals surface area contributed by atoms with Crippen LogP contribution in [0.15, 0.2) is 18.3 Å². The van der Waals surface area contributed by atoms with E-state index in [9.17, 15) is 0 Å². The molecule has 1 rings (SSSR count). The SMILES string of the molecule is Cc1ccc(C(C)(C)N)nc1.Cl.Cl. The van der Waals surface area contributed by atoms with Crippen LogP contribution in [0.25, 0.3) is 0 Å². The molecule has 0 radical (unpaired) electrons. The number of halogens is 2. The Labute approximate surface area is 91.8 Å². The second kappa shape index (κ2) is 5.43. The zero-order chi connectivity index (χ0) is 8.48. The lowest BCUT2D eigenvalue weighted by Gasteiger charge is -2.17. The van der Waals surface area contributed by atoms with Crippen LogP contribution in [0.3, 0.4) is 0 Å². The molecule has 0 bridgehead atoms. The average molecular weight is 223 g/mol. The summed E-state index contributed by atoms with van der Waals surface area (Å²) in [7, 11) is 0. The van der Waals surface area contributed by atoms with Crippen LogP contribution >= 0.6 is 24.8 Å². The summed E-state index contributed by atoms with van der Waals surface area (Å²) in [5.41, 5.74) is 7.62. The quantitative estimate of drug-likeness (QED) is 0.794. The minimum Gasteiger partial charge on any atom is -0.321 e. The maximum Gasteiger partial charge on any atom is 0.0596 e. The zero-order valence-electron chi connectivity index (χ0n) is 8.07. The molecule has 76 valence electrons. The highest BCUT2D eigenvalue weighted by Gasteiger charge is 2.14. The van der Waals surface area contributed by atoms with Gasteiger partial charge >= 0.3 is 0 Å². The molecule has 1 aromatic heterocycles. The molecular weight excluding hydrogens is 207 g/mol. The number of nitrogens with two attached hydrogens (primary N) is 1. The van der Waals surface area contributed by atoms with Gasteiger partial charge in [0.15, 0.2) is 0 Å². The van der Waals surface area contributed by atoms with Gasteiger partial charge in [0.2, 0.25) is 0 Å². The second-order valence-electron chi connectivity index (χ2n) is 3.44. The summed E-state index contributed by atoms with van der Waals surface area (Å²) in [6.07, 6.45) is 1.84. The first-order valence-corrected chi connectivity index (χ1v) is 3.72. The lowest BCUT2D eigenvalue weighted by molar-refractivity contribution is 0.535. The molecule has 1 aromatic rings. The Bertz CT molecular complexity index is 239. The van der Waals surface area contributed by atoms with Crippen LogP contribution < -0.4 is 5.73 Å². The molecule has 0 aliphatic heterocycles. The maximum absolute atomic E-state index is 5.84. The van der Waals surface area contributed by atoms with Crippen LogP contribution in [-0.4, -0.2) is 4.98 Å². The van der Waals surface area contributed by atoms with Gasteiger partial charge in [-0.15, -0.1) is 24.8 Å². The molecule has 0 fully saturated rings. The molecule has 0 atom stereocenters. The molecule has 0 saturated heterocycles. The van der Waals surface area contributed by atoms with E-state index in [2.05, 4.69) is 4.98 Å². The predicted molar refractivity (Wildman–Crippen MR) is 60.7 cm³/mol. The highest BCUT2D eigenvalue weighted by molar-refractivity contribution is 5.85. The topological polar surface area (TPSA) is 38.9 Å². The van der Waals surface area contributed by atoms with Gasteiger partial charge in [-0.1, -0.05) is 6.07 Å². The van der Waals surface area contributed by atoms with Gasteiger partial charge in [0.05, 0.1) is 11.2 Å². The van der Waals surface area contributed by atoms with Crippen molar-refractivity contribution in [3.63, 3.8) is 0 Å². The van der Waals surface area contributed by atoms with Crippen LogP contribution in [0.5, 0.6) is 0 Å². The third kappa shape index (κ3) is 4.46. The first-order chi connectivity index (χ1) is 5.00. The summed E-state index contributed by atoms with van der Waals surface area (Å²) in [5, 5.41) is 0. The summed E-state index contributed by atoms with van der Waals surface area (Å²) in [4.78, 5) is 4.22. The molecule has 2 N–H and O–H groups in total. The molecule has 0 saturated carbocycles. The van der Waals surface area contributed by atoms with Gasteiger partial charge in [0, 0.05) is 6.20 Å². The minimum atomic E-state index is -0.326. The molecule has 0 aromatic carbocycles. The van der Waals surface area contributed by atoms with Crippen LogP contribution in [0.4, 0.5) is 0 Å². The smallest absolute Gasteiger partial charge is 0.0596 e. The Morgan fingerprint density at radius 2 is 1.77 bits per heavy atom. The molecular formula is C9H16Cl2N2. The molecule has 0 aliphatic rings. The van der Waals surface area contributed by atoms with Gasteiger partial charge in [-0.25, -0.2) is 0 Å². The van der Waals surface area contributed by atoms with E-state index >= 15 is 0 Å². The van der Waals surface area contributed by atoms with Crippen molar-refractivity contribution in [2.75, 3.05) is 0 Å². The fraction of sp³-hybridized carbons (Fsp3) is 0.444. The number of hydrogen-bond acceptors (Lipinski definition) is 2. The lowest BCUT2D eigenvalue weighted by Crippen LogP contribution is -2.29. The highest BCUT2D eigenvalue weighted by atomic mass is 35.5. The van der Waals surface area contributed by atoms with Crippen molar-refractivity contribution >= 4 is 24.8 Å². The normalized spacial score (nSPS) is 9.85. The second-order valence-corrected chi connectivity index (χ2v) is 3.44. The van der Waals surface area contributed by atoms with E-state index in [-0.39, 0.29) is 30.4 Å². The van der Waals surface area contributed by atoms with Crippen LogP contribution in [0.1, 0.15) is 25.1 Å². The van der Waals surface area contributed by atoms with Crippen LogP contribution in [0.2, 0.25) is 0 Å². The van der Waals surface area contributed by atoms with Gasteiger partial charge in [-0.05, 0) is 32.4 Å². The lowest BCUT2D eigenvalue weighted by atomic mass is 10.0. The molecule has 0 unspecified atom stereocenters. The molecule has 0 aliphatic carbocycles. The summed E-state index contributed by atoms with van der Waals surface area (Å²) in [6, 6.07) is 3.99. The summed E-state index contributed by atoms with van der Waals surface area (Å²) in [5.74, 6) is 0. The first-order valence-electron chi connectivity index (χ1n) is 3.72. The Morgan fingerprint density at radius 1 is 1.23 bits per heavy atom. The van der Waals surface area contributed by atoms with Crippen molar-refractivity contribution in [1.29, 1.82) is 0 Å². The largest absolute Gasteiger partial charge is 0.321 e. The number of hydrogen-bond donors (Lipinski definition) is 1. The molecule has 2 nitrogen and oxygen atoms in total. The number of aromatic nitrogens is 1. The molecule has 0 amide bonds. The number of nitrogens with zero attached hydrogens (tertiary/aromatic N) is 1. The van der Waals surface area contributed by atoms with E-state index in [1.807, 2.05) is 39.1 Å². The summed E-state index contributed by atoms with van der Waals surface area (Å²) >= 11 is 0. The Kier molecular flexibility index (Phi) is 6.33. The van der Waals surface area contributed by atoms with E-state index in [0.29, 0.717) is 0 Å². The van der Waals surface area contributed by atoms with Crippen molar-refractivity contribution in [2.45, 2.75) is 26.3 Å². The van der Waals surface area contributed by atoms with Gasteiger partial charge in [0.25, 0.3) is 0 Å². The van der Waals surface area contributed by atoms with Gasteiger partial charge in [-0.2, -0.15) is 0 Å². The summed E-state index contributed by atoms with van der Waals surface area (Å²) in [6.45, 7) is 5.91. The monoisotopic (exact) mass is 222 g/mol. The van der Waals surface area contributed by atoms with Crippen molar-refractivity contribution in [1.82, 2.24) is 4.98 Å². The zero-order valence-corrected chi connectivity index (χ0v) is 9.71. The van der Waals surface area contributed by atoms with Crippen molar-refractivity contribution < 1.29 is 0 Å². The number of aryl methyl sites for hydroxylation is 1. The van der Waals surface area contributed by atoms with Crippen molar-refractivity contribution in [3.8, 4) is 0 Å². The standard InChI is InChI=1S/C9H14N2.2ClH/c1-7-4-5-8(11-6-7)9(2,3)10;;/h4-6H,10H2,1-3H3;2*1H. The predicted octanol–water partition coefficient (Wildman–Crippen LogP) is 2.43. The number of rotatable bonds is 1. The molecule has 4 heteroatoms. The Balaban J connectivity index is 0. The molecule has 1 heterocycles. The van der Waals surface area contributed by atoms with E-state index in [1.165, 1.54) is 0 Å². The summed E-state index contributed by atoms with van der Waals surface area (Å²) < 4.78 is 0. The van der Waals surface area contributed by atoms with E-state index in [1.54, 1.807) is 0 Å². The van der Waals surface area contributed by atoms with Crippen molar-refractivity contribution in [3.05, 3.63) is 29.6 Å². The average Bonchev–Trinajstić information content (AvgIpc) is 1.86. The Hall–Kier alpha value is -0.310. The highest BCUT2D eigenvalue weighted by Crippen LogP contribution is 2.13. The number of pyridine rings is 1. The maximum atomic E-state index is 5.84. The fourth-order valence-electron chi connectivity index (χ4n) is 0.849. The van der Waals surface area contributed by atoms with Crippen LogP contribution in [0, 0.1) is 6.92 Å². The Morgan fingerprint density at radius 3 is 2.08 bits per heavy atom. The van der Waals surface area contributed by atoms with Crippen LogP contribution in [-0.2, 0) is 5.54 Å². The third-order valence-corrected chi connectivity index (χ3v) is 1.57. The van der Waals surface area contributed by atoms with Gasteiger partial charge in [-0.3, -0.25) is 4.98 Å². The van der Waals surface area contributed by atoms with E-state index < -0.39 is 0 Å². The molecule has 0 spiro atoms.